The minimum absolute atomic E-state index is 0.0104. The number of carbonyl (C=O) groups is 1. The van der Waals surface area contributed by atoms with Gasteiger partial charge in [-0.25, -0.2) is 0 Å². The van der Waals surface area contributed by atoms with E-state index in [-0.39, 0.29) is 11.3 Å². The van der Waals surface area contributed by atoms with Crippen LogP contribution in [0, 0.1) is 5.41 Å². The van der Waals surface area contributed by atoms with Gasteiger partial charge < -0.3 is 15.4 Å². The van der Waals surface area contributed by atoms with Gasteiger partial charge in [-0.3, -0.25) is 4.79 Å². The van der Waals surface area contributed by atoms with Crippen molar-refractivity contribution < 1.29 is 9.53 Å². The molecule has 1 aliphatic heterocycles. The van der Waals surface area contributed by atoms with E-state index in [1.165, 1.54) is 0 Å². The maximum atomic E-state index is 12.7. The Morgan fingerprint density at radius 2 is 2.10 bits per heavy atom. The number of likely N-dealkylation sites (tertiary alicyclic amines) is 1. The monoisotopic (exact) mass is 276 g/mol. The number of nitrogens with two attached hydrogens (primary N) is 1. The number of ether oxygens (including phenoxy) is 1. The first kappa shape index (κ1) is 14.7. The Morgan fingerprint density at radius 3 is 2.65 bits per heavy atom. The molecule has 0 radical (unpaired) electrons. The quantitative estimate of drug-likeness (QED) is 0.860. The van der Waals surface area contributed by atoms with Crippen LogP contribution in [0.3, 0.4) is 0 Å². The van der Waals surface area contributed by atoms with E-state index in [1.54, 1.807) is 25.3 Å². The first-order valence-electron chi connectivity index (χ1n) is 7.28. The van der Waals surface area contributed by atoms with E-state index in [9.17, 15) is 4.79 Å². The van der Waals surface area contributed by atoms with Gasteiger partial charge in [0.05, 0.1) is 7.11 Å². The molecule has 0 unspecified atom stereocenters. The van der Waals surface area contributed by atoms with Crippen LogP contribution in [-0.4, -0.2) is 31.0 Å². The topological polar surface area (TPSA) is 55.6 Å². The predicted molar refractivity (Wildman–Crippen MR) is 80.9 cm³/mol. The van der Waals surface area contributed by atoms with Crippen molar-refractivity contribution >= 4 is 11.6 Å². The largest absolute Gasteiger partial charge is 0.496 e. The zero-order valence-corrected chi connectivity index (χ0v) is 12.6. The number of anilines is 1. The SMILES string of the molecule is CCC1(CC)CCN(C(=O)c2c(N)cccc2OC)C1. The fourth-order valence-corrected chi connectivity index (χ4v) is 3.04. The first-order chi connectivity index (χ1) is 9.56. The second-order valence-corrected chi connectivity index (χ2v) is 5.61. The first-order valence-corrected chi connectivity index (χ1v) is 7.28. The van der Waals surface area contributed by atoms with Gasteiger partial charge in [-0.15, -0.1) is 0 Å². The van der Waals surface area contributed by atoms with E-state index in [0.29, 0.717) is 17.0 Å². The summed E-state index contributed by atoms with van der Waals surface area (Å²) >= 11 is 0. The number of hydrogen-bond acceptors (Lipinski definition) is 3. The highest BCUT2D eigenvalue weighted by Crippen LogP contribution is 2.38. The van der Waals surface area contributed by atoms with Crippen LogP contribution in [0.15, 0.2) is 18.2 Å². The highest BCUT2D eigenvalue weighted by atomic mass is 16.5. The van der Waals surface area contributed by atoms with Gasteiger partial charge >= 0.3 is 0 Å². The average molecular weight is 276 g/mol. The molecule has 1 amide bonds. The van der Waals surface area contributed by atoms with Gasteiger partial charge in [0.1, 0.15) is 11.3 Å². The van der Waals surface area contributed by atoms with Crippen molar-refractivity contribution in [3.05, 3.63) is 23.8 Å². The number of rotatable bonds is 4. The smallest absolute Gasteiger partial charge is 0.259 e. The number of carbonyl (C=O) groups excluding carboxylic acids is 1. The van der Waals surface area contributed by atoms with E-state index >= 15 is 0 Å². The second-order valence-electron chi connectivity index (χ2n) is 5.61. The minimum atomic E-state index is -0.0104. The fourth-order valence-electron chi connectivity index (χ4n) is 3.04. The molecule has 1 fully saturated rings. The summed E-state index contributed by atoms with van der Waals surface area (Å²) < 4.78 is 5.28. The molecule has 1 heterocycles. The molecule has 110 valence electrons. The predicted octanol–water partition coefficient (Wildman–Crippen LogP) is 2.93. The van der Waals surface area contributed by atoms with Crippen molar-refractivity contribution in [2.24, 2.45) is 5.41 Å². The van der Waals surface area contributed by atoms with Crippen LogP contribution in [0.25, 0.3) is 0 Å². The third kappa shape index (κ3) is 2.47. The Kier molecular flexibility index (Phi) is 4.21. The summed E-state index contributed by atoms with van der Waals surface area (Å²) in [6, 6.07) is 5.34. The van der Waals surface area contributed by atoms with Crippen LogP contribution in [0.4, 0.5) is 5.69 Å². The van der Waals surface area contributed by atoms with Gasteiger partial charge in [0.25, 0.3) is 5.91 Å². The van der Waals surface area contributed by atoms with Crippen LogP contribution in [0.5, 0.6) is 5.75 Å². The summed E-state index contributed by atoms with van der Waals surface area (Å²) in [7, 11) is 1.57. The molecule has 0 aromatic heterocycles. The number of nitrogens with zero attached hydrogens (tertiary/aromatic N) is 1. The fraction of sp³-hybridized carbons (Fsp3) is 0.562. The standard InChI is InChI=1S/C16H24N2O2/c1-4-16(5-2)9-10-18(11-16)15(19)14-12(17)7-6-8-13(14)20-3/h6-8H,4-5,9-11,17H2,1-3H3. The molecule has 4 heteroatoms. The third-order valence-corrected chi connectivity index (χ3v) is 4.72. The summed E-state index contributed by atoms with van der Waals surface area (Å²) in [6.07, 6.45) is 3.28. The van der Waals surface area contributed by atoms with E-state index < -0.39 is 0 Å². The van der Waals surface area contributed by atoms with E-state index in [1.807, 2.05) is 4.90 Å². The summed E-state index contributed by atoms with van der Waals surface area (Å²) in [5, 5.41) is 0. The molecule has 0 saturated carbocycles. The Labute approximate surface area is 120 Å². The maximum absolute atomic E-state index is 12.7. The zero-order chi connectivity index (χ0) is 14.8. The van der Waals surface area contributed by atoms with Gasteiger partial charge in [-0.05, 0) is 36.8 Å². The van der Waals surface area contributed by atoms with Gasteiger partial charge in [-0.2, -0.15) is 0 Å². The van der Waals surface area contributed by atoms with Gasteiger partial charge in [0, 0.05) is 18.8 Å². The minimum Gasteiger partial charge on any atom is -0.496 e. The highest BCUT2D eigenvalue weighted by Gasteiger charge is 2.38. The van der Waals surface area contributed by atoms with Crippen LogP contribution >= 0.6 is 0 Å². The molecule has 1 aromatic rings. The summed E-state index contributed by atoms with van der Waals surface area (Å²) in [5.74, 6) is 0.546. The molecule has 20 heavy (non-hydrogen) atoms. The van der Waals surface area contributed by atoms with E-state index in [4.69, 9.17) is 10.5 Å². The van der Waals surface area contributed by atoms with Crippen molar-refractivity contribution in [2.45, 2.75) is 33.1 Å². The van der Waals surface area contributed by atoms with E-state index in [2.05, 4.69) is 13.8 Å². The number of amides is 1. The average Bonchev–Trinajstić information content (AvgIpc) is 2.91. The molecular weight excluding hydrogens is 252 g/mol. The molecule has 0 atom stereocenters. The number of benzene rings is 1. The molecular formula is C16H24N2O2. The van der Waals surface area contributed by atoms with Crippen LogP contribution in [0.2, 0.25) is 0 Å². The second kappa shape index (κ2) is 5.73. The Bertz CT molecular complexity index is 495. The lowest BCUT2D eigenvalue weighted by atomic mass is 9.82. The summed E-state index contributed by atoms with van der Waals surface area (Å²) in [6.45, 7) is 6.03. The van der Waals surface area contributed by atoms with Crippen LogP contribution in [-0.2, 0) is 0 Å². The van der Waals surface area contributed by atoms with Gasteiger partial charge in [0.15, 0.2) is 0 Å². The summed E-state index contributed by atoms with van der Waals surface area (Å²) in [4.78, 5) is 14.7. The maximum Gasteiger partial charge on any atom is 0.259 e. The molecule has 2 rings (SSSR count). The van der Waals surface area contributed by atoms with Crippen molar-refractivity contribution in [3.63, 3.8) is 0 Å². The number of nitrogen functional groups attached to an aromatic ring is 1. The zero-order valence-electron chi connectivity index (χ0n) is 12.6. The van der Waals surface area contributed by atoms with Gasteiger partial charge in [0.2, 0.25) is 0 Å². The summed E-state index contributed by atoms with van der Waals surface area (Å²) in [5.41, 5.74) is 7.22. The lowest BCUT2D eigenvalue weighted by Crippen LogP contribution is -2.32. The Hall–Kier alpha value is -1.71. The van der Waals surface area contributed by atoms with Crippen LogP contribution < -0.4 is 10.5 Å². The van der Waals surface area contributed by atoms with Crippen molar-refractivity contribution in [1.82, 2.24) is 4.90 Å². The van der Waals surface area contributed by atoms with Crippen molar-refractivity contribution in [2.75, 3.05) is 25.9 Å². The Balaban J connectivity index is 2.26. The molecule has 0 aliphatic carbocycles. The molecule has 4 nitrogen and oxygen atoms in total. The molecule has 0 bridgehead atoms. The Morgan fingerprint density at radius 1 is 1.40 bits per heavy atom. The van der Waals surface area contributed by atoms with Crippen molar-refractivity contribution in [3.8, 4) is 5.75 Å². The van der Waals surface area contributed by atoms with E-state index in [0.717, 1.165) is 32.4 Å². The van der Waals surface area contributed by atoms with Gasteiger partial charge in [-0.1, -0.05) is 19.9 Å². The lowest BCUT2D eigenvalue weighted by molar-refractivity contribution is 0.0767. The number of methoxy groups -OCH3 is 1. The van der Waals surface area contributed by atoms with Crippen molar-refractivity contribution in [1.29, 1.82) is 0 Å². The molecule has 1 aliphatic rings. The molecule has 2 N–H and O–H groups in total. The number of hydrogen-bond donors (Lipinski definition) is 1. The third-order valence-electron chi connectivity index (χ3n) is 4.72. The lowest BCUT2D eigenvalue weighted by Gasteiger charge is -2.26. The molecule has 0 spiro atoms. The molecule has 1 aromatic carbocycles. The van der Waals surface area contributed by atoms with Crippen LogP contribution in [0.1, 0.15) is 43.5 Å². The molecule has 1 saturated heterocycles. The normalized spacial score (nSPS) is 17.2. The highest BCUT2D eigenvalue weighted by molar-refractivity contribution is 6.02.